The van der Waals surface area contributed by atoms with Crippen LogP contribution in [0.25, 0.3) is 11.3 Å². The smallest absolute Gasteiger partial charge is 0.278 e. The Morgan fingerprint density at radius 2 is 2.15 bits per heavy atom. The number of hydrogen-bond acceptors (Lipinski definition) is 4. The van der Waals surface area contributed by atoms with Crippen LogP contribution in [0.2, 0.25) is 0 Å². The molecule has 20 heavy (non-hydrogen) atoms. The number of aryl methyl sites for hydroxylation is 1. The SMILES string of the molecule is CCCCn1cc(C=O)c(-c2ccccc2[N+](=O)[O-])n1. The molecule has 1 aromatic carbocycles. The van der Waals surface area contributed by atoms with Crippen molar-refractivity contribution >= 4 is 12.0 Å². The van der Waals surface area contributed by atoms with Gasteiger partial charge in [0.1, 0.15) is 5.69 Å². The van der Waals surface area contributed by atoms with Gasteiger partial charge in [-0.3, -0.25) is 19.6 Å². The van der Waals surface area contributed by atoms with Crippen molar-refractivity contribution in [2.45, 2.75) is 26.3 Å². The Balaban J connectivity index is 2.49. The number of aromatic nitrogens is 2. The molecule has 1 aromatic heterocycles. The van der Waals surface area contributed by atoms with Crippen LogP contribution in [-0.2, 0) is 6.54 Å². The van der Waals surface area contributed by atoms with Crippen LogP contribution in [0.3, 0.4) is 0 Å². The van der Waals surface area contributed by atoms with E-state index in [1.165, 1.54) is 6.07 Å². The summed E-state index contributed by atoms with van der Waals surface area (Å²) >= 11 is 0. The summed E-state index contributed by atoms with van der Waals surface area (Å²) in [6, 6.07) is 6.31. The number of nitro groups is 1. The molecule has 0 spiro atoms. The summed E-state index contributed by atoms with van der Waals surface area (Å²) in [6.45, 7) is 2.76. The molecule has 0 radical (unpaired) electrons. The number of nitro benzene ring substituents is 1. The minimum atomic E-state index is -0.463. The fourth-order valence-corrected chi connectivity index (χ4v) is 2.00. The van der Waals surface area contributed by atoms with Gasteiger partial charge in [0.05, 0.1) is 16.1 Å². The van der Waals surface area contributed by atoms with Gasteiger partial charge in [0, 0.05) is 18.8 Å². The van der Waals surface area contributed by atoms with Gasteiger partial charge in [0.2, 0.25) is 0 Å². The van der Waals surface area contributed by atoms with E-state index in [1.54, 1.807) is 29.1 Å². The van der Waals surface area contributed by atoms with Crippen molar-refractivity contribution in [1.82, 2.24) is 9.78 Å². The second kappa shape index (κ2) is 6.10. The molecule has 0 saturated carbocycles. The van der Waals surface area contributed by atoms with Crippen molar-refractivity contribution in [3.05, 3.63) is 46.1 Å². The Kier molecular flexibility index (Phi) is 4.24. The van der Waals surface area contributed by atoms with Gasteiger partial charge in [0.25, 0.3) is 5.69 Å². The fraction of sp³-hybridized carbons (Fsp3) is 0.286. The highest BCUT2D eigenvalue weighted by molar-refractivity contribution is 5.87. The molecule has 0 N–H and O–H groups in total. The third-order valence-corrected chi connectivity index (χ3v) is 3.01. The number of para-hydroxylation sites is 1. The summed E-state index contributed by atoms with van der Waals surface area (Å²) in [5, 5.41) is 15.4. The van der Waals surface area contributed by atoms with E-state index in [4.69, 9.17) is 0 Å². The molecule has 0 unspecified atom stereocenters. The van der Waals surface area contributed by atoms with Crippen LogP contribution in [0.5, 0.6) is 0 Å². The van der Waals surface area contributed by atoms with Gasteiger partial charge < -0.3 is 0 Å². The van der Waals surface area contributed by atoms with E-state index in [2.05, 4.69) is 12.0 Å². The number of carbonyl (C=O) groups excluding carboxylic acids is 1. The molecule has 6 heteroatoms. The number of rotatable bonds is 6. The van der Waals surface area contributed by atoms with E-state index in [9.17, 15) is 14.9 Å². The first kappa shape index (κ1) is 13.9. The summed E-state index contributed by atoms with van der Waals surface area (Å²) in [5.41, 5.74) is 1.06. The van der Waals surface area contributed by atoms with Crippen molar-refractivity contribution in [3.63, 3.8) is 0 Å². The Bertz CT molecular complexity index is 634. The second-order valence-electron chi connectivity index (χ2n) is 4.44. The third-order valence-electron chi connectivity index (χ3n) is 3.01. The molecule has 104 valence electrons. The van der Waals surface area contributed by atoms with Gasteiger partial charge in [-0.2, -0.15) is 5.10 Å². The standard InChI is InChI=1S/C14H15N3O3/c1-2-3-8-16-9-11(10-18)14(15-16)12-6-4-5-7-13(12)17(19)20/h4-7,9-10H,2-3,8H2,1H3. The maximum absolute atomic E-state index is 11.1. The minimum Gasteiger partial charge on any atom is -0.298 e. The molecule has 0 atom stereocenters. The van der Waals surface area contributed by atoms with Gasteiger partial charge in [-0.1, -0.05) is 25.5 Å². The van der Waals surface area contributed by atoms with Crippen LogP contribution in [0.4, 0.5) is 5.69 Å². The molecule has 0 aliphatic heterocycles. The first-order valence-corrected chi connectivity index (χ1v) is 6.43. The minimum absolute atomic E-state index is 0.0451. The van der Waals surface area contributed by atoms with E-state index in [0.29, 0.717) is 29.7 Å². The van der Waals surface area contributed by atoms with Crippen LogP contribution >= 0.6 is 0 Å². The monoisotopic (exact) mass is 273 g/mol. The van der Waals surface area contributed by atoms with Gasteiger partial charge in [0.15, 0.2) is 6.29 Å². The maximum atomic E-state index is 11.1. The van der Waals surface area contributed by atoms with Gasteiger partial charge in [-0.05, 0) is 12.5 Å². The van der Waals surface area contributed by atoms with E-state index in [1.807, 2.05) is 0 Å². The van der Waals surface area contributed by atoms with E-state index >= 15 is 0 Å². The second-order valence-corrected chi connectivity index (χ2v) is 4.44. The molecular formula is C14H15N3O3. The van der Waals surface area contributed by atoms with E-state index < -0.39 is 4.92 Å². The average molecular weight is 273 g/mol. The molecule has 2 aromatic rings. The van der Waals surface area contributed by atoms with Crippen molar-refractivity contribution in [1.29, 1.82) is 0 Å². The molecule has 1 heterocycles. The molecule has 2 rings (SSSR count). The van der Waals surface area contributed by atoms with Crippen molar-refractivity contribution in [2.75, 3.05) is 0 Å². The van der Waals surface area contributed by atoms with E-state index in [-0.39, 0.29) is 5.69 Å². The van der Waals surface area contributed by atoms with Crippen LogP contribution in [0.1, 0.15) is 30.1 Å². The van der Waals surface area contributed by atoms with E-state index in [0.717, 1.165) is 12.8 Å². The van der Waals surface area contributed by atoms with Gasteiger partial charge >= 0.3 is 0 Å². The molecule has 0 aliphatic rings. The quantitative estimate of drug-likeness (QED) is 0.460. The number of nitrogens with zero attached hydrogens (tertiary/aromatic N) is 3. The first-order chi connectivity index (χ1) is 9.67. The lowest BCUT2D eigenvalue weighted by molar-refractivity contribution is -0.384. The molecule has 0 saturated heterocycles. The van der Waals surface area contributed by atoms with Crippen molar-refractivity contribution < 1.29 is 9.72 Å². The topological polar surface area (TPSA) is 78.0 Å². The highest BCUT2D eigenvalue weighted by atomic mass is 16.6. The number of carbonyl (C=O) groups is 1. The zero-order valence-electron chi connectivity index (χ0n) is 11.2. The molecule has 0 bridgehead atoms. The van der Waals surface area contributed by atoms with Crippen molar-refractivity contribution in [2.24, 2.45) is 0 Å². The Morgan fingerprint density at radius 3 is 2.80 bits per heavy atom. The number of unbranched alkanes of at least 4 members (excludes halogenated alkanes) is 1. The summed E-state index contributed by atoms with van der Waals surface area (Å²) in [5.74, 6) is 0. The first-order valence-electron chi connectivity index (χ1n) is 6.43. The molecule has 0 amide bonds. The number of benzene rings is 1. The predicted octanol–water partition coefficient (Wildman–Crippen LogP) is 3.07. The normalized spacial score (nSPS) is 10.4. The largest absolute Gasteiger partial charge is 0.298 e. The number of hydrogen-bond donors (Lipinski definition) is 0. The highest BCUT2D eigenvalue weighted by Gasteiger charge is 2.20. The average Bonchev–Trinajstić information content (AvgIpc) is 2.88. The van der Waals surface area contributed by atoms with Gasteiger partial charge in [-0.15, -0.1) is 0 Å². The zero-order chi connectivity index (χ0) is 14.5. The van der Waals surface area contributed by atoms with Crippen LogP contribution in [0, 0.1) is 10.1 Å². The van der Waals surface area contributed by atoms with Crippen LogP contribution < -0.4 is 0 Å². The lowest BCUT2D eigenvalue weighted by atomic mass is 10.1. The summed E-state index contributed by atoms with van der Waals surface area (Å²) < 4.78 is 1.67. The van der Waals surface area contributed by atoms with Crippen LogP contribution in [0.15, 0.2) is 30.5 Å². The maximum Gasteiger partial charge on any atom is 0.278 e. The third kappa shape index (κ3) is 2.74. The lowest BCUT2D eigenvalue weighted by Gasteiger charge is -2.00. The number of aldehydes is 1. The summed E-state index contributed by atoms with van der Waals surface area (Å²) in [7, 11) is 0. The molecule has 0 fully saturated rings. The molecule has 0 aliphatic carbocycles. The van der Waals surface area contributed by atoms with Gasteiger partial charge in [-0.25, -0.2) is 0 Å². The van der Waals surface area contributed by atoms with Crippen molar-refractivity contribution in [3.8, 4) is 11.3 Å². The summed E-state index contributed by atoms with van der Waals surface area (Å²) in [6.07, 6.45) is 4.27. The Hall–Kier alpha value is -2.50. The Morgan fingerprint density at radius 1 is 1.40 bits per heavy atom. The Labute approximate surface area is 116 Å². The summed E-state index contributed by atoms with van der Waals surface area (Å²) in [4.78, 5) is 21.7. The predicted molar refractivity (Wildman–Crippen MR) is 74.6 cm³/mol. The van der Waals surface area contributed by atoms with Crippen LogP contribution in [-0.4, -0.2) is 21.0 Å². The molecular weight excluding hydrogens is 258 g/mol. The zero-order valence-corrected chi connectivity index (χ0v) is 11.2. The highest BCUT2D eigenvalue weighted by Crippen LogP contribution is 2.30. The fourth-order valence-electron chi connectivity index (χ4n) is 2.00. The molecule has 6 nitrogen and oxygen atoms in total. The lowest BCUT2D eigenvalue weighted by Crippen LogP contribution is -1.98.